The Morgan fingerprint density at radius 2 is 2.10 bits per heavy atom. The summed E-state index contributed by atoms with van der Waals surface area (Å²) in [6, 6.07) is 3.34. The van der Waals surface area contributed by atoms with Crippen molar-refractivity contribution in [3.63, 3.8) is 0 Å². The van der Waals surface area contributed by atoms with Crippen molar-refractivity contribution >= 4 is 23.4 Å². The number of ether oxygens (including phenoxy) is 2. The van der Waals surface area contributed by atoms with Gasteiger partial charge < -0.3 is 19.7 Å². The molecule has 2 saturated heterocycles. The van der Waals surface area contributed by atoms with Crippen LogP contribution in [0.15, 0.2) is 18.3 Å². The van der Waals surface area contributed by atoms with Gasteiger partial charge in [-0.3, -0.25) is 14.7 Å². The van der Waals surface area contributed by atoms with Crippen LogP contribution in [0.4, 0.5) is 0 Å². The fourth-order valence-corrected chi connectivity index (χ4v) is 4.01. The smallest absolute Gasteiger partial charge is 0.271 e. The Morgan fingerprint density at radius 3 is 2.74 bits per heavy atom. The number of hydrogen-bond donors (Lipinski definition) is 2. The van der Waals surface area contributed by atoms with Crippen molar-refractivity contribution in [2.45, 2.75) is 19.8 Å². The number of H-pyrrole nitrogens is 1. The van der Waals surface area contributed by atoms with E-state index in [0.717, 1.165) is 0 Å². The molecule has 0 unspecified atom stereocenters. The number of rotatable bonds is 6. The van der Waals surface area contributed by atoms with E-state index in [1.807, 2.05) is 0 Å². The number of nitrogens with zero attached hydrogens (tertiary/aromatic N) is 3. The lowest BCUT2D eigenvalue weighted by Gasteiger charge is -2.38. The van der Waals surface area contributed by atoms with Crippen molar-refractivity contribution in [2.24, 2.45) is 11.3 Å². The van der Waals surface area contributed by atoms with Crippen LogP contribution in [0.1, 0.15) is 30.3 Å². The van der Waals surface area contributed by atoms with E-state index < -0.39 is 0 Å². The van der Waals surface area contributed by atoms with Crippen molar-refractivity contribution in [1.82, 2.24) is 25.4 Å². The van der Waals surface area contributed by atoms with E-state index in [9.17, 15) is 9.59 Å². The second-order valence-corrected chi connectivity index (χ2v) is 8.87. The lowest BCUT2D eigenvalue weighted by Crippen LogP contribution is -2.50. The van der Waals surface area contributed by atoms with Gasteiger partial charge in [-0.25, -0.2) is 4.98 Å². The average molecular weight is 448 g/mol. The van der Waals surface area contributed by atoms with Crippen LogP contribution in [-0.2, 0) is 9.53 Å². The Balaban J connectivity index is 1.33. The zero-order chi connectivity index (χ0) is 22.0. The molecular formula is C21H26ClN5O4. The number of carbonyl (C=O) groups excluding carboxylic acids is 2. The quantitative estimate of drug-likeness (QED) is 0.702. The monoisotopic (exact) mass is 447 g/mol. The molecule has 2 aliphatic heterocycles. The van der Waals surface area contributed by atoms with Crippen molar-refractivity contribution in [3.05, 3.63) is 29.0 Å². The number of halogens is 1. The molecule has 0 aliphatic carbocycles. The van der Waals surface area contributed by atoms with E-state index >= 15 is 0 Å². The fourth-order valence-electron chi connectivity index (χ4n) is 3.81. The molecule has 0 radical (unpaired) electrons. The Bertz CT molecular complexity index is 966. The minimum Gasteiger partial charge on any atom is -0.481 e. The summed E-state index contributed by atoms with van der Waals surface area (Å²) < 4.78 is 10.4. The minimum atomic E-state index is -0.145. The van der Waals surface area contributed by atoms with Gasteiger partial charge in [0.1, 0.15) is 5.69 Å². The number of carbonyl (C=O) groups is 2. The predicted molar refractivity (Wildman–Crippen MR) is 114 cm³/mol. The summed E-state index contributed by atoms with van der Waals surface area (Å²) in [6.45, 7) is 5.15. The van der Waals surface area contributed by atoms with Gasteiger partial charge in [-0.2, -0.15) is 5.10 Å². The topological polar surface area (TPSA) is 109 Å². The first-order valence-corrected chi connectivity index (χ1v) is 10.7. The van der Waals surface area contributed by atoms with Gasteiger partial charge in [-0.05, 0) is 18.9 Å². The van der Waals surface area contributed by atoms with Crippen LogP contribution in [0.2, 0.25) is 5.02 Å². The third kappa shape index (κ3) is 4.67. The highest BCUT2D eigenvalue weighted by Crippen LogP contribution is 2.30. The van der Waals surface area contributed by atoms with Crippen molar-refractivity contribution < 1.29 is 19.1 Å². The summed E-state index contributed by atoms with van der Waals surface area (Å²) in [5.74, 6) is 0.253. The lowest BCUT2D eigenvalue weighted by molar-refractivity contribution is -0.131. The number of hydrogen-bond acceptors (Lipinski definition) is 6. The van der Waals surface area contributed by atoms with E-state index in [-0.39, 0.29) is 23.1 Å². The van der Waals surface area contributed by atoms with Gasteiger partial charge in [0.2, 0.25) is 11.8 Å². The molecule has 166 valence electrons. The molecule has 31 heavy (non-hydrogen) atoms. The molecular weight excluding hydrogens is 422 g/mol. The molecule has 0 bridgehead atoms. The third-order valence-corrected chi connectivity index (χ3v) is 6.17. The molecule has 2 aromatic rings. The maximum atomic E-state index is 12.9. The molecule has 2 fully saturated rings. The zero-order valence-electron chi connectivity index (χ0n) is 17.6. The van der Waals surface area contributed by atoms with Crippen LogP contribution in [-0.4, -0.2) is 71.9 Å². The van der Waals surface area contributed by atoms with Crippen molar-refractivity contribution in [2.75, 3.05) is 40.0 Å². The molecule has 0 aromatic carbocycles. The molecule has 0 atom stereocenters. The number of likely N-dealkylation sites (tertiary alicyclic amines) is 1. The number of piperidine rings is 1. The Morgan fingerprint density at radius 1 is 1.35 bits per heavy atom. The van der Waals surface area contributed by atoms with Crippen molar-refractivity contribution in [3.8, 4) is 17.1 Å². The SMILES string of the molecule is COc1cc(-c2cc(C(=O)N3CCC(C(=O)NCC4(C)COC4)CC3)[nH]n2)c(Cl)cn1. The van der Waals surface area contributed by atoms with E-state index in [4.69, 9.17) is 21.1 Å². The maximum absolute atomic E-state index is 12.9. The molecule has 2 N–H and O–H groups in total. The second-order valence-electron chi connectivity index (χ2n) is 8.46. The van der Waals surface area contributed by atoms with Crippen LogP contribution < -0.4 is 10.1 Å². The number of pyridine rings is 1. The van der Waals surface area contributed by atoms with Crippen molar-refractivity contribution in [1.29, 1.82) is 0 Å². The molecule has 4 rings (SSSR count). The van der Waals surface area contributed by atoms with E-state index in [2.05, 4.69) is 27.4 Å². The Labute approximate surface area is 185 Å². The Hall–Kier alpha value is -2.65. The second kappa shape index (κ2) is 8.84. The predicted octanol–water partition coefficient (Wildman–Crippen LogP) is 2.14. The highest BCUT2D eigenvalue weighted by Gasteiger charge is 2.35. The summed E-state index contributed by atoms with van der Waals surface area (Å²) in [5.41, 5.74) is 1.59. The first kappa shape index (κ1) is 21.6. The lowest BCUT2D eigenvalue weighted by atomic mass is 9.88. The third-order valence-electron chi connectivity index (χ3n) is 5.87. The Kier molecular flexibility index (Phi) is 6.15. The number of amides is 2. The number of aromatic amines is 1. The van der Waals surface area contributed by atoms with Gasteiger partial charge >= 0.3 is 0 Å². The molecule has 9 nitrogen and oxygen atoms in total. The van der Waals surface area contributed by atoms with Gasteiger partial charge in [-0.1, -0.05) is 18.5 Å². The van der Waals surface area contributed by atoms with E-state index in [1.54, 1.807) is 17.0 Å². The molecule has 0 saturated carbocycles. The molecule has 2 amide bonds. The molecule has 2 aliphatic rings. The van der Waals surface area contributed by atoms with Gasteiger partial charge in [0.25, 0.3) is 5.91 Å². The van der Waals surface area contributed by atoms with Crippen LogP contribution in [0.25, 0.3) is 11.3 Å². The normalized spacial score (nSPS) is 18.4. The fraction of sp³-hybridized carbons (Fsp3) is 0.524. The van der Waals surface area contributed by atoms with Gasteiger partial charge in [0, 0.05) is 42.6 Å². The summed E-state index contributed by atoms with van der Waals surface area (Å²) in [6.07, 6.45) is 2.76. The maximum Gasteiger partial charge on any atom is 0.271 e. The summed E-state index contributed by atoms with van der Waals surface area (Å²) in [7, 11) is 1.52. The van der Waals surface area contributed by atoms with Crippen LogP contribution in [0.3, 0.4) is 0 Å². The number of aromatic nitrogens is 3. The summed E-state index contributed by atoms with van der Waals surface area (Å²) in [5, 5.41) is 10.5. The highest BCUT2D eigenvalue weighted by atomic mass is 35.5. The zero-order valence-corrected chi connectivity index (χ0v) is 18.4. The summed E-state index contributed by atoms with van der Waals surface area (Å²) in [4.78, 5) is 31.2. The number of methoxy groups -OCH3 is 1. The molecule has 2 aromatic heterocycles. The molecule has 0 spiro atoms. The molecule has 4 heterocycles. The van der Waals surface area contributed by atoms with E-state index in [0.29, 0.717) is 73.5 Å². The minimum absolute atomic E-state index is 0.0480. The average Bonchev–Trinajstić information content (AvgIpc) is 3.26. The van der Waals surface area contributed by atoms with Gasteiger partial charge in [-0.15, -0.1) is 0 Å². The number of nitrogens with one attached hydrogen (secondary N) is 2. The standard InChI is InChI=1S/C21H26ClN5O4/c1-21(11-31-12-21)10-24-19(28)13-3-5-27(6-4-13)20(29)17-8-16(25-26-17)14-7-18(30-2)23-9-15(14)22/h7-9,13H,3-6,10-12H2,1-2H3,(H,24,28)(H,25,26). The van der Waals surface area contributed by atoms with Crippen LogP contribution in [0, 0.1) is 11.3 Å². The first-order valence-electron chi connectivity index (χ1n) is 10.3. The summed E-state index contributed by atoms with van der Waals surface area (Å²) >= 11 is 6.23. The van der Waals surface area contributed by atoms with Crippen LogP contribution in [0.5, 0.6) is 5.88 Å². The van der Waals surface area contributed by atoms with Crippen LogP contribution >= 0.6 is 11.6 Å². The molecule has 10 heteroatoms. The van der Waals surface area contributed by atoms with E-state index in [1.165, 1.54) is 13.3 Å². The van der Waals surface area contributed by atoms with Gasteiger partial charge in [0.15, 0.2) is 0 Å². The van der Waals surface area contributed by atoms with Gasteiger partial charge in [0.05, 0.1) is 37.2 Å². The highest BCUT2D eigenvalue weighted by molar-refractivity contribution is 6.33. The largest absolute Gasteiger partial charge is 0.481 e. The first-order chi connectivity index (χ1) is 14.9.